The van der Waals surface area contributed by atoms with E-state index in [1.165, 1.54) is 0 Å². The molecule has 0 aliphatic heterocycles. The Labute approximate surface area is 125 Å². The van der Waals surface area contributed by atoms with Gasteiger partial charge in [-0.1, -0.05) is 12.1 Å². The van der Waals surface area contributed by atoms with Crippen LogP contribution in [0, 0.1) is 5.92 Å². The minimum Gasteiger partial charge on any atom is -0.395 e. The zero-order valence-electron chi connectivity index (χ0n) is 12.3. The van der Waals surface area contributed by atoms with Gasteiger partial charge in [0, 0.05) is 31.1 Å². The lowest BCUT2D eigenvalue weighted by molar-refractivity contribution is -0.122. The Kier molecular flexibility index (Phi) is 5.33. The fourth-order valence-electron chi connectivity index (χ4n) is 2.15. The number of rotatable bonds is 7. The molecule has 1 aromatic carbocycles. The van der Waals surface area contributed by atoms with Crippen LogP contribution >= 0.6 is 0 Å². The van der Waals surface area contributed by atoms with Gasteiger partial charge in [0.05, 0.1) is 6.61 Å². The predicted molar refractivity (Wildman–Crippen MR) is 79.7 cm³/mol. The molecule has 0 radical (unpaired) electrons. The lowest BCUT2D eigenvalue weighted by atomic mass is 10.1. The highest BCUT2D eigenvalue weighted by Gasteiger charge is 2.29. The average Bonchev–Trinajstić information content (AvgIpc) is 3.35. The topological polar surface area (TPSA) is 69.6 Å². The van der Waals surface area contributed by atoms with Crippen molar-refractivity contribution < 1.29 is 14.7 Å². The van der Waals surface area contributed by atoms with E-state index >= 15 is 0 Å². The van der Waals surface area contributed by atoms with Crippen LogP contribution in [0.25, 0.3) is 0 Å². The SMILES string of the molecule is CCN(CCO)C(=O)c1ccc(CNC(=O)C2CC2)cc1. The van der Waals surface area contributed by atoms with Gasteiger partial charge in [-0.2, -0.15) is 0 Å². The van der Waals surface area contributed by atoms with Crippen LogP contribution in [0.3, 0.4) is 0 Å². The number of likely N-dealkylation sites (N-methyl/N-ethyl adjacent to an activating group) is 1. The Balaban J connectivity index is 1.91. The highest BCUT2D eigenvalue weighted by atomic mass is 16.3. The van der Waals surface area contributed by atoms with Crippen LogP contribution in [0.2, 0.25) is 0 Å². The second kappa shape index (κ2) is 7.22. The second-order valence-corrected chi connectivity index (χ2v) is 5.30. The maximum atomic E-state index is 12.2. The van der Waals surface area contributed by atoms with E-state index < -0.39 is 0 Å². The number of nitrogens with one attached hydrogen (secondary N) is 1. The molecule has 0 bridgehead atoms. The molecule has 2 amide bonds. The van der Waals surface area contributed by atoms with Crippen LogP contribution < -0.4 is 5.32 Å². The summed E-state index contributed by atoms with van der Waals surface area (Å²) in [5.74, 6) is 0.248. The Hall–Kier alpha value is -1.88. The van der Waals surface area contributed by atoms with E-state index in [0.29, 0.717) is 25.2 Å². The Morgan fingerprint density at radius 2 is 1.95 bits per heavy atom. The van der Waals surface area contributed by atoms with Crippen LogP contribution in [0.1, 0.15) is 35.7 Å². The van der Waals surface area contributed by atoms with Gasteiger partial charge in [0.25, 0.3) is 5.91 Å². The summed E-state index contributed by atoms with van der Waals surface area (Å²) in [6, 6.07) is 7.24. The number of carbonyl (C=O) groups is 2. The monoisotopic (exact) mass is 290 g/mol. The van der Waals surface area contributed by atoms with Gasteiger partial charge in [0.15, 0.2) is 0 Å². The molecule has 0 aromatic heterocycles. The molecule has 21 heavy (non-hydrogen) atoms. The van der Waals surface area contributed by atoms with Gasteiger partial charge < -0.3 is 15.3 Å². The lowest BCUT2D eigenvalue weighted by Gasteiger charge is -2.19. The number of carbonyl (C=O) groups excluding carboxylic acids is 2. The zero-order valence-corrected chi connectivity index (χ0v) is 12.3. The van der Waals surface area contributed by atoms with Gasteiger partial charge in [-0.05, 0) is 37.5 Å². The molecule has 5 heteroatoms. The van der Waals surface area contributed by atoms with Crippen LogP contribution in [-0.2, 0) is 11.3 Å². The summed E-state index contributed by atoms with van der Waals surface area (Å²) in [4.78, 5) is 25.3. The Bertz CT molecular complexity index is 495. The molecule has 5 nitrogen and oxygen atoms in total. The van der Waals surface area contributed by atoms with E-state index in [1.54, 1.807) is 17.0 Å². The van der Waals surface area contributed by atoms with Crippen molar-refractivity contribution in [1.29, 1.82) is 0 Å². The molecule has 2 N–H and O–H groups in total. The molecule has 1 aliphatic carbocycles. The third kappa shape index (κ3) is 4.29. The summed E-state index contributed by atoms with van der Waals surface area (Å²) in [6.45, 7) is 3.26. The van der Waals surface area contributed by atoms with Crippen LogP contribution in [0.5, 0.6) is 0 Å². The van der Waals surface area contributed by atoms with Crippen molar-refractivity contribution in [3.63, 3.8) is 0 Å². The third-order valence-corrected chi connectivity index (χ3v) is 3.65. The van der Waals surface area contributed by atoms with E-state index in [0.717, 1.165) is 18.4 Å². The summed E-state index contributed by atoms with van der Waals surface area (Å²) in [5.41, 5.74) is 1.58. The lowest BCUT2D eigenvalue weighted by Crippen LogP contribution is -2.33. The van der Waals surface area contributed by atoms with E-state index in [4.69, 9.17) is 5.11 Å². The molecule has 0 unspecified atom stereocenters. The number of nitrogens with zero attached hydrogens (tertiary/aromatic N) is 1. The van der Waals surface area contributed by atoms with Crippen molar-refractivity contribution in [1.82, 2.24) is 10.2 Å². The number of aliphatic hydroxyl groups excluding tert-OH is 1. The maximum absolute atomic E-state index is 12.2. The smallest absolute Gasteiger partial charge is 0.253 e. The molecule has 0 atom stereocenters. The fourth-order valence-corrected chi connectivity index (χ4v) is 2.15. The zero-order chi connectivity index (χ0) is 15.2. The molecule has 1 fully saturated rings. The number of hydrogen-bond donors (Lipinski definition) is 2. The summed E-state index contributed by atoms with van der Waals surface area (Å²) in [5, 5.41) is 11.8. The predicted octanol–water partition coefficient (Wildman–Crippen LogP) is 1.17. The molecular formula is C16H22N2O3. The average molecular weight is 290 g/mol. The first kappa shape index (κ1) is 15.5. The highest BCUT2D eigenvalue weighted by molar-refractivity contribution is 5.94. The van der Waals surface area contributed by atoms with E-state index in [9.17, 15) is 9.59 Å². The van der Waals surface area contributed by atoms with Gasteiger partial charge in [-0.3, -0.25) is 9.59 Å². The third-order valence-electron chi connectivity index (χ3n) is 3.65. The minimum atomic E-state index is -0.0832. The van der Waals surface area contributed by atoms with Gasteiger partial charge >= 0.3 is 0 Å². The minimum absolute atomic E-state index is 0.0368. The van der Waals surface area contributed by atoms with Crippen molar-refractivity contribution in [3.8, 4) is 0 Å². The molecule has 1 saturated carbocycles. The molecular weight excluding hydrogens is 268 g/mol. The summed E-state index contributed by atoms with van der Waals surface area (Å²) in [7, 11) is 0. The summed E-state index contributed by atoms with van der Waals surface area (Å²) >= 11 is 0. The largest absolute Gasteiger partial charge is 0.395 e. The molecule has 0 heterocycles. The van der Waals surface area contributed by atoms with Gasteiger partial charge in [-0.25, -0.2) is 0 Å². The van der Waals surface area contributed by atoms with Crippen molar-refractivity contribution in [2.24, 2.45) is 5.92 Å². The number of amides is 2. The van der Waals surface area contributed by atoms with Gasteiger partial charge in [-0.15, -0.1) is 0 Å². The second-order valence-electron chi connectivity index (χ2n) is 5.30. The summed E-state index contributed by atoms with van der Waals surface area (Å²) < 4.78 is 0. The first-order valence-electron chi connectivity index (χ1n) is 7.42. The normalized spacial score (nSPS) is 13.8. The number of hydrogen-bond acceptors (Lipinski definition) is 3. The first-order valence-corrected chi connectivity index (χ1v) is 7.42. The standard InChI is InChI=1S/C16H22N2O3/c1-2-18(9-10-19)16(21)14-5-3-12(4-6-14)11-17-15(20)13-7-8-13/h3-6,13,19H,2,7-11H2,1H3,(H,17,20). The number of benzene rings is 1. The molecule has 0 spiro atoms. The van der Waals surface area contributed by atoms with Crippen molar-refractivity contribution in [3.05, 3.63) is 35.4 Å². The van der Waals surface area contributed by atoms with Crippen molar-refractivity contribution in [2.75, 3.05) is 19.7 Å². The quantitative estimate of drug-likeness (QED) is 0.792. The molecule has 1 aromatic rings. The van der Waals surface area contributed by atoms with E-state index in [-0.39, 0.29) is 24.3 Å². The van der Waals surface area contributed by atoms with Crippen LogP contribution in [0.4, 0.5) is 0 Å². The summed E-state index contributed by atoms with van der Waals surface area (Å²) in [6.07, 6.45) is 1.99. The van der Waals surface area contributed by atoms with E-state index in [2.05, 4.69) is 5.32 Å². The van der Waals surface area contributed by atoms with Crippen LogP contribution in [-0.4, -0.2) is 41.5 Å². The molecule has 2 rings (SSSR count). The first-order chi connectivity index (χ1) is 10.2. The van der Waals surface area contributed by atoms with Gasteiger partial charge in [0.2, 0.25) is 5.91 Å². The van der Waals surface area contributed by atoms with Crippen molar-refractivity contribution in [2.45, 2.75) is 26.3 Å². The van der Waals surface area contributed by atoms with Crippen LogP contribution in [0.15, 0.2) is 24.3 Å². The molecule has 114 valence electrons. The van der Waals surface area contributed by atoms with Crippen molar-refractivity contribution >= 4 is 11.8 Å². The maximum Gasteiger partial charge on any atom is 0.253 e. The van der Waals surface area contributed by atoms with Gasteiger partial charge in [0.1, 0.15) is 0 Å². The number of aliphatic hydroxyl groups is 1. The fraction of sp³-hybridized carbons (Fsp3) is 0.500. The van der Waals surface area contributed by atoms with E-state index in [1.807, 2.05) is 19.1 Å². The Morgan fingerprint density at radius 3 is 2.48 bits per heavy atom. The molecule has 0 saturated heterocycles. The Morgan fingerprint density at radius 1 is 1.29 bits per heavy atom. The highest BCUT2D eigenvalue weighted by Crippen LogP contribution is 2.28. The molecule has 1 aliphatic rings.